The van der Waals surface area contributed by atoms with Gasteiger partial charge in [0.05, 0.1) is 12.5 Å². The number of benzene rings is 2. The highest BCUT2D eigenvalue weighted by Gasteiger charge is 2.18. The second-order valence-electron chi connectivity index (χ2n) is 4.97. The van der Waals surface area contributed by atoms with Crippen molar-refractivity contribution in [2.75, 3.05) is 6.61 Å². The monoisotopic (exact) mass is 302 g/mol. The molecule has 1 atom stereocenters. The van der Waals surface area contributed by atoms with E-state index in [0.29, 0.717) is 11.6 Å². The van der Waals surface area contributed by atoms with Crippen molar-refractivity contribution in [2.24, 2.45) is 0 Å². The molecule has 0 radical (unpaired) electrons. The zero-order chi connectivity index (χ0) is 15.0. The van der Waals surface area contributed by atoms with Gasteiger partial charge < -0.3 is 9.15 Å². The minimum Gasteiger partial charge on any atom is -0.466 e. The molecule has 1 heterocycles. The van der Waals surface area contributed by atoms with Crippen molar-refractivity contribution in [1.82, 2.24) is 0 Å². The lowest BCUT2D eigenvalue weighted by molar-refractivity contribution is -0.144. The van der Waals surface area contributed by atoms with Gasteiger partial charge in [-0.05, 0) is 43.7 Å². The van der Waals surface area contributed by atoms with Crippen molar-refractivity contribution >= 4 is 39.5 Å². The van der Waals surface area contributed by atoms with Crippen LogP contribution in [0.1, 0.15) is 25.3 Å². The molecule has 108 valence electrons. The predicted molar refractivity (Wildman–Crippen MR) is 83.8 cm³/mol. The van der Waals surface area contributed by atoms with E-state index in [1.54, 1.807) is 13.0 Å². The Bertz CT molecular complexity index is 819. The summed E-state index contributed by atoms with van der Waals surface area (Å²) >= 11 is 6.03. The summed E-state index contributed by atoms with van der Waals surface area (Å²) in [5.74, 6) is -0.540. The number of esters is 1. The van der Waals surface area contributed by atoms with Gasteiger partial charge in [0.15, 0.2) is 0 Å². The third-order valence-corrected chi connectivity index (χ3v) is 3.83. The van der Waals surface area contributed by atoms with E-state index in [-0.39, 0.29) is 11.9 Å². The molecule has 0 spiro atoms. The number of halogens is 1. The first-order valence-corrected chi connectivity index (χ1v) is 7.26. The number of carbonyl (C=O) groups is 1. The number of carbonyl (C=O) groups excluding carboxylic acids is 1. The number of furan rings is 1. The van der Waals surface area contributed by atoms with Crippen LogP contribution in [0.25, 0.3) is 21.9 Å². The number of hydrogen-bond acceptors (Lipinski definition) is 3. The Labute approximate surface area is 127 Å². The summed E-state index contributed by atoms with van der Waals surface area (Å²) in [6.07, 6.45) is 0. The van der Waals surface area contributed by atoms with Gasteiger partial charge >= 0.3 is 5.97 Å². The van der Waals surface area contributed by atoms with Gasteiger partial charge in [-0.25, -0.2) is 0 Å². The van der Waals surface area contributed by atoms with Crippen LogP contribution in [0.3, 0.4) is 0 Å². The van der Waals surface area contributed by atoms with E-state index < -0.39 is 0 Å². The van der Waals surface area contributed by atoms with E-state index >= 15 is 0 Å². The van der Waals surface area contributed by atoms with Crippen LogP contribution in [0, 0.1) is 0 Å². The molecule has 3 aromatic rings. The molecule has 0 N–H and O–H groups in total. The van der Waals surface area contributed by atoms with E-state index in [2.05, 4.69) is 0 Å². The summed E-state index contributed by atoms with van der Waals surface area (Å²) in [5.41, 5.74) is 2.42. The van der Waals surface area contributed by atoms with Crippen LogP contribution in [0.15, 0.2) is 40.8 Å². The van der Waals surface area contributed by atoms with Gasteiger partial charge in [-0.2, -0.15) is 0 Å². The molecule has 3 nitrogen and oxygen atoms in total. The van der Waals surface area contributed by atoms with E-state index in [0.717, 1.165) is 27.5 Å². The van der Waals surface area contributed by atoms with Gasteiger partial charge in [0.25, 0.3) is 0 Å². The van der Waals surface area contributed by atoms with Crippen molar-refractivity contribution in [3.63, 3.8) is 0 Å². The van der Waals surface area contributed by atoms with Gasteiger partial charge in [-0.1, -0.05) is 23.7 Å². The topological polar surface area (TPSA) is 39.4 Å². The Kier molecular flexibility index (Phi) is 3.60. The molecule has 0 aliphatic heterocycles. The van der Waals surface area contributed by atoms with E-state index in [1.165, 1.54) is 0 Å². The molecule has 0 amide bonds. The van der Waals surface area contributed by atoms with Crippen LogP contribution in [0.4, 0.5) is 0 Å². The van der Waals surface area contributed by atoms with Crippen molar-refractivity contribution in [3.05, 3.63) is 47.0 Å². The molecule has 0 aliphatic carbocycles. The molecule has 0 aliphatic rings. The fraction of sp³-hybridized carbons (Fsp3) is 0.235. The van der Waals surface area contributed by atoms with Crippen LogP contribution >= 0.6 is 11.6 Å². The number of fused-ring (bicyclic) bond motifs is 3. The summed E-state index contributed by atoms with van der Waals surface area (Å²) < 4.78 is 10.9. The van der Waals surface area contributed by atoms with E-state index in [4.69, 9.17) is 20.8 Å². The van der Waals surface area contributed by atoms with E-state index in [9.17, 15) is 4.79 Å². The highest BCUT2D eigenvalue weighted by molar-refractivity contribution is 6.31. The van der Waals surface area contributed by atoms with E-state index in [1.807, 2.05) is 37.3 Å². The molecule has 3 rings (SSSR count). The summed E-state index contributed by atoms with van der Waals surface area (Å²) in [4.78, 5) is 11.8. The Hall–Kier alpha value is -2.00. The van der Waals surface area contributed by atoms with Crippen LogP contribution in [0.2, 0.25) is 5.02 Å². The van der Waals surface area contributed by atoms with Crippen molar-refractivity contribution < 1.29 is 13.9 Å². The van der Waals surface area contributed by atoms with Crippen LogP contribution in [0.5, 0.6) is 0 Å². The van der Waals surface area contributed by atoms with Gasteiger partial charge in [0.2, 0.25) is 0 Å². The van der Waals surface area contributed by atoms with Crippen LogP contribution < -0.4 is 0 Å². The Morgan fingerprint density at radius 1 is 1.19 bits per heavy atom. The van der Waals surface area contributed by atoms with Gasteiger partial charge in [0, 0.05) is 15.8 Å². The lowest BCUT2D eigenvalue weighted by Crippen LogP contribution is -2.12. The van der Waals surface area contributed by atoms with Gasteiger partial charge in [0.1, 0.15) is 11.2 Å². The lowest BCUT2D eigenvalue weighted by atomic mass is 10.00. The lowest BCUT2D eigenvalue weighted by Gasteiger charge is -2.10. The predicted octanol–water partition coefficient (Wildman–Crippen LogP) is 4.91. The third-order valence-electron chi connectivity index (χ3n) is 3.60. The Morgan fingerprint density at radius 3 is 2.76 bits per heavy atom. The first-order valence-electron chi connectivity index (χ1n) is 6.88. The standard InChI is InChI=1S/C17H15ClO3/c1-3-20-17(19)10(2)11-4-6-13-14-9-12(18)5-7-15(14)21-16(13)8-11/h4-10H,3H2,1-2H3. The second-order valence-corrected chi connectivity index (χ2v) is 5.41. The number of hydrogen-bond donors (Lipinski definition) is 0. The molecule has 0 saturated heterocycles. The minimum absolute atomic E-state index is 0.226. The highest BCUT2D eigenvalue weighted by Crippen LogP contribution is 2.32. The van der Waals surface area contributed by atoms with Crippen LogP contribution in [-0.4, -0.2) is 12.6 Å². The summed E-state index contributed by atoms with van der Waals surface area (Å²) in [6.45, 7) is 4.02. The normalized spacial score (nSPS) is 12.7. The number of ether oxygens (including phenoxy) is 1. The fourth-order valence-electron chi connectivity index (χ4n) is 2.44. The number of rotatable bonds is 3. The smallest absolute Gasteiger partial charge is 0.313 e. The minimum atomic E-state index is -0.314. The zero-order valence-electron chi connectivity index (χ0n) is 11.9. The average Bonchev–Trinajstić information content (AvgIpc) is 2.83. The first-order chi connectivity index (χ1) is 10.1. The zero-order valence-corrected chi connectivity index (χ0v) is 12.6. The molecule has 4 heteroatoms. The van der Waals surface area contributed by atoms with Crippen molar-refractivity contribution in [1.29, 1.82) is 0 Å². The molecular formula is C17H15ClO3. The molecule has 2 aromatic carbocycles. The first kappa shape index (κ1) is 14.0. The SMILES string of the molecule is CCOC(=O)C(C)c1ccc2c(c1)oc1ccc(Cl)cc12. The van der Waals surface area contributed by atoms with Gasteiger partial charge in [-0.15, -0.1) is 0 Å². The maximum absolute atomic E-state index is 11.8. The van der Waals surface area contributed by atoms with Crippen LogP contribution in [-0.2, 0) is 9.53 Å². The molecule has 0 fully saturated rings. The molecule has 0 saturated carbocycles. The Morgan fingerprint density at radius 2 is 2.00 bits per heavy atom. The summed E-state index contributed by atoms with van der Waals surface area (Å²) in [5, 5.41) is 2.65. The quantitative estimate of drug-likeness (QED) is 0.646. The second kappa shape index (κ2) is 5.41. The summed E-state index contributed by atoms with van der Waals surface area (Å²) in [7, 11) is 0. The maximum Gasteiger partial charge on any atom is 0.313 e. The highest BCUT2D eigenvalue weighted by atomic mass is 35.5. The average molecular weight is 303 g/mol. The fourth-order valence-corrected chi connectivity index (χ4v) is 2.61. The molecule has 0 bridgehead atoms. The molecule has 1 aromatic heterocycles. The Balaban J connectivity index is 2.08. The largest absolute Gasteiger partial charge is 0.466 e. The van der Waals surface area contributed by atoms with Crippen molar-refractivity contribution in [2.45, 2.75) is 19.8 Å². The van der Waals surface area contributed by atoms with Gasteiger partial charge in [-0.3, -0.25) is 4.79 Å². The molecular weight excluding hydrogens is 288 g/mol. The van der Waals surface area contributed by atoms with Crippen molar-refractivity contribution in [3.8, 4) is 0 Å². The summed E-state index contributed by atoms with van der Waals surface area (Å²) in [6, 6.07) is 11.3. The third kappa shape index (κ3) is 2.49. The maximum atomic E-state index is 11.8. The molecule has 1 unspecified atom stereocenters. The molecule has 21 heavy (non-hydrogen) atoms.